The van der Waals surface area contributed by atoms with Crippen LogP contribution in [0.15, 0.2) is 48.5 Å². The minimum atomic E-state index is -2.85. The van der Waals surface area contributed by atoms with Crippen molar-refractivity contribution in [3.63, 3.8) is 0 Å². The van der Waals surface area contributed by atoms with Gasteiger partial charge in [-0.2, -0.15) is 8.78 Å². The number of rotatable bonds is 6. The number of alkyl halides is 2. The number of carbonyl (C=O) groups is 1. The van der Waals surface area contributed by atoms with E-state index in [4.69, 9.17) is 0 Å². The van der Waals surface area contributed by atoms with Crippen molar-refractivity contribution in [1.82, 2.24) is 5.32 Å². The third kappa shape index (κ3) is 5.53. The van der Waals surface area contributed by atoms with Gasteiger partial charge < -0.3 is 15.4 Å². The van der Waals surface area contributed by atoms with Crippen LogP contribution in [0.4, 0.5) is 19.3 Å². The predicted octanol–water partition coefficient (Wildman–Crippen LogP) is 4.73. The highest BCUT2D eigenvalue weighted by molar-refractivity contribution is 5.89. The number of nitrogens with one attached hydrogen (secondary N) is 2. The summed E-state index contributed by atoms with van der Waals surface area (Å²) in [5.41, 5.74) is 2.69. The van der Waals surface area contributed by atoms with Crippen LogP contribution in [-0.4, -0.2) is 12.6 Å². The minimum Gasteiger partial charge on any atom is -0.435 e. The van der Waals surface area contributed by atoms with E-state index < -0.39 is 6.61 Å². The molecule has 0 aliphatic rings. The molecule has 0 spiro atoms. The summed E-state index contributed by atoms with van der Waals surface area (Å²) in [4.78, 5) is 11.9. The molecule has 2 aromatic carbocycles. The van der Waals surface area contributed by atoms with Gasteiger partial charge in [0.15, 0.2) is 0 Å². The Labute approximate surface area is 139 Å². The van der Waals surface area contributed by atoms with E-state index >= 15 is 0 Å². The molecule has 0 unspecified atom stereocenters. The molecule has 128 valence electrons. The molecule has 0 radical (unpaired) electrons. The summed E-state index contributed by atoms with van der Waals surface area (Å²) in [5.74, 6) is 0.522. The van der Waals surface area contributed by atoms with Gasteiger partial charge in [0.05, 0.1) is 0 Å². The number of hydrogen-bond acceptors (Lipinski definition) is 2. The molecule has 2 rings (SSSR count). The van der Waals surface area contributed by atoms with Crippen molar-refractivity contribution in [3.05, 3.63) is 59.7 Å². The lowest BCUT2D eigenvalue weighted by molar-refractivity contribution is -0.0498. The quantitative estimate of drug-likeness (QED) is 0.802. The maximum Gasteiger partial charge on any atom is 0.387 e. The van der Waals surface area contributed by atoms with E-state index in [0.29, 0.717) is 11.6 Å². The van der Waals surface area contributed by atoms with Crippen LogP contribution in [0.2, 0.25) is 0 Å². The normalized spacial score (nSPS) is 10.8. The van der Waals surface area contributed by atoms with Gasteiger partial charge in [0.2, 0.25) is 0 Å². The zero-order chi connectivity index (χ0) is 17.5. The van der Waals surface area contributed by atoms with E-state index in [9.17, 15) is 13.6 Å². The Morgan fingerprint density at radius 1 is 1.04 bits per heavy atom. The molecule has 2 N–H and O–H groups in total. The van der Waals surface area contributed by atoms with Gasteiger partial charge in [-0.25, -0.2) is 4.79 Å². The second kappa shape index (κ2) is 8.29. The summed E-state index contributed by atoms with van der Waals surface area (Å²) in [6.07, 6.45) is 0. The monoisotopic (exact) mass is 334 g/mol. The van der Waals surface area contributed by atoms with Crippen LogP contribution < -0.4 is 15.4 Å². The molecular weight excluding hydrogens is 314 g/mol. The van der Waals surface area contributed by atoms with Gasteiger partial charge in [0, 0.05) is 12.2 Å². The second-order valence-electron chi connectivity index (χ2n) is 5.61. The van der Waals surface area contributed by atoms with Crippen LogP contribution >= 0.6 is 0 Å². The molecule has 0 atom stereocenters. The van der Waals surface area contributed by atoms with Crippen molar-refractivity contribution in [2.75, 3.05) is 5.32 Å². The first kappa shape index (κ1) is 17.7. The van der Waals surface area contributed by atoms with Crippen LogP contribution in [0, 0.1) is 0 Å². The highest BCUT2D eigenvalue weighted by atomic mass is 19.3. The van der Waals surface area contributed by atoms with E-state index in [2.05, 4.69) is 29.2 Å². The third-order valence-corrected chi connectivity index (χ3v) is 3.44. The molecule has 0 aromatic heterocycles. The number of urea groups is 1. The standard InChI is InChI=1S/C18H20F2N2O2/c1-12(2)14-5-7-15(8-6-14)22-18(23)21-11-13-3-9-16(10-4-13)24-17(19)20/h3-10,12,17H,11H2,1-2H3,(H2,21,22,23). The number of amides is 2. The predicted molar refractivity (Wildman–Crippen MR) is 89.5 cm³/mol. The van der Waals surface area contributed by atoms with E-state index in [1.807, 2.05) is 24.3 Å². The first-order valence-corrected chi connectivity index (χ1v) is 7.62. The van der Waals surface area contributed by atoms with Crippen molar-refractivity contribution < 1.29 is 18.3 Å². The summed E-state index contributed by atoms with van der Waals surface area (Å²) < 4.78 is 28.4. The molecule has 0 fully saturated rings. The van der Waals surface area contributed by atoms with Crippen LogP contribution in [-0.2, 0) is 6.54 Å². The first-order chi connectivity index (χ1) is 11.4. The summed E-state index contributed by atoms with van der Waals surface area (Å²) >= 11 is 0. The van der Waals surface area contributed by atoms with Crippen LogP contribution in [0.25, 0.3) is 0 Å². The fourth-order valence-corrected chi connectivity index (χ4v) is 2.10. The number of halogens is 2. The average molecular weight is 334 g/mol. The van der Waals surface area contributed by atoms with Gasteiger partial charge >= 0.3 is 12.6 Å². The van der Waals surface area contributed by atoms with Crippen molar-refractivity contribution in [3.8, 4) is 5.75 Å². The molecule has 0 bridgehead atoms. The second-order valence-corrected chi connectivity index (χ2v) is 5.61. The summed E-state index contributed by atoms with van der Waals surface area (Å²) in [6, 6.07) is 13.4. The third-order valence-electron chi connectivity index (χ3n) is 3.44. The highest BCUT2D eigenvalue weighted by Gasteiger charge is 2.05. The zero-order valence-corrected chi connectivity index (χ0v) is 13.6. The maximum absolute atomic E-state index is 12.1. The van der Waals surface area contributed by atoms with Gasteiger partial charge in [0.1, 0.15) is 5.75 Å². The summed E-state index contributed by atoms with van der Waals surface area (Å²) in [7, 11) is 0. The van der Waals surface area contributed by atoms with Crippen LogP contribution in [0.3, 0.4) is 0 Å². The van der Waals surface area contributed by atoms with E-state index in [0.717, 1.165) is 5.56 Å². The Kier molecular flexibility index (Phi) is 6.12. The molecule has 0 saturated carbocycles. The van der Waals surface area contributed by atoms with Gasteiger partial charge in [-0.05, 0) is 41.3 Å². The lowest BCUT2D eigenvalue weighted by Crippen LogP contribution is -2.28. The molecule has 0 heterocycles. The fourth-order valence-electron chi connectivity index (χ4n) is 2.10. The molecular formula is C18H20F2N2O2. The first-order valence-electron chi connectivity index (χ1n) is 7.62. The molecule has 2 amide bonds. The number of carbonyl (C=O) groups excluding carboxylic acids is 1. The molecule has 24 heavy (non-hydrogen) atoms. The Bertz CT molecular complexity index is 656. The van der Waals surface area contributed by atoms with Crippen molar-refractivity contribution >= 4 is 11.7 Å². The Balaban J connectivity index is 1.82. The molecule has 2 aromatic rings. The lowest BCUT2D eigenvalue weighted by atomic mass is 10.0. The zero-order valence-electron chi connectivity index (χ0n) is 13.6. The smallest absolute Gasteiger partial charge is 0.387 e. The van der Waals surface area contributed by atoms with Crippen molar-refractivity contribution in [2.45, 2.75) is 32.9 Å². The minimum absolute atomic E-state index is 0.0865. The number of hydrogen-bond donors (Lipinski definition) is 2. The van der Waals surface area contributed by atoms with Crippen LogP contribution in [0.5, 0.6) is 5.75 Å². The Morgan fingerprint density at radius 3 is 2.21 bits per heavy atom. The van der Waals surface area contributed by atoms with Gasteiger partial charge in [-0.15, -0.1) is 0 Å². The van der Waals surface area contributed by atoms with Gasteiger partial charge in [-0.1, -0.05) is 38.1 Å². The number of anilines is 1. The van der Waals surface area contributed by atoms with Crippen LogP contribution in [0.1, 0.15) is 30.9 Å². The molecule has 0 aliphatic carbocycles. The van der Waals surface area contributed by atoms with E-state index in [1.54, 1.807) is 12.1 Å². The summed E-state index contributed by atoms with van der Waals surface area (Å²) in [6.45, 7) is 1.64. The van der Waals surface area contributed by atoms with E-state index in [-0.39, 0.29) is 18.3 Å². The molecule has 0 saturated heterocycles. The van der Waals surface area contributed by atoms with Gasteiger partial charge in [0.25, 0.3) is 0 Å². The highest BCUT2D eigenvalue weighted by Crippen LogP contribution is 2.17. The maximum atomic E-state index is 12.1. The van der Waals surface area contributed by atoms with Crippen molar-refractivity contribution in [2.24, 2.45) is 0 Å². The topological polar surface area (TPSA) is 50.4 Å². The Morgan fingerprint density at radius 2 is 1.67 bits per heavy atom. The summed E-state index contributed by atoms with van der Waals surface area (Å²) in [5, 5.41) is 5.45. The van der Waals surface area contributed by atoms with Gasteiger partial charge in [-0.3, -0.25) is 0 Å². The Hall–Kier alpha value is -2.63. The van der Waals surface area contributed by atoms with Crippen molar-refractivity contribution in [1.29, 1.82) is 0 Å². The lowest BCUT2D eigenvalue weighted by Gasteiger charge is -2.10. The largest absolute Gasteiger partial charge is 0.435 e. The fraction of sp³-hybridized carbons (Fsp3) is 0.278. The number of ether oxygens (including phenoxy) is 1. The number of benzene rings is 2. The van der Waals surface area contributed by atoms with E-state index in [1.165, 1.54) is 17.7 Å². The average Bonchev–Trinajstić information content (AvgIpc) is 2.54. The molecule has 6 heteroatoms. The SMILES string of the molecule is CC(C)c1ccc(NC(=O)NCc2ccc(OC(F)F)cc2)cc1. The molecule has 0 aliphatic heterocycles. The molecule has 4 nitrogen and oxygen atoms in total.